The highest BCUT2D eigenvalue weighted by Gasteiger charge is 2.40. The number of hydrogen-bond acceptors (Lipinski definition) is 4. The molecule has 2 bridgehead atoms. The summed E-state index contributed by atoms with van der Waals surface area (Å²) in [7, 11) is 0. The van der Waals surface area contributed by atoms with Gasteiger partial charge in [-0.1, -0.05) is 6.42 Å². The summed E-state index contributed by atoms with van der Waals surface area (Å²) < 4.78 is 0. The van der Waals surface area contributed by atoms with Crippen molar-refractivity contribution >= 4 is 18.3 Å². The molecule has 2 saturated carbocycles. The second-order valence-corrected chi connectivity index (χ2v) is 6.43. The molecule has 2 aliphatic rings. The molecule has 3 N–H and O–H groups in total. The fraction of sp³-hybridized carbons (Fsp3) is 0.688. The first-order valence-electron chi connectivity index (χ1n) is 8.02. The van der Waals surface area contributed by atoms with Gasteiger partial charge in [0.2, 0.25) is 5.91 Å². The minimum absolute atomic E-state index is 0. The molecule has 2 atom stereocenters. The first kappa shape index (κ1) is 17.2. The Morgan fingerprint density at radius 2 is 2.00 bits per heavy atom. The molecule has 1 amide bonds. The zero-order chi connectivity index (χ0) is 14.7. The number of nitrogens with one attached hydrogen (secondary N) is 1. The number of amides is 1. The molecule has 1 heterocycles. The normalized spacial score (nSPS) is 30.2. The van der Waals surface area contributed by atoms with E-state index in [1.54, 1.807) is 18.6 Å². The van der Waals surface area contributed by atoms with E-state index in [2.05, 4.69) is 15.3 Å². The molecular weight excluding hydrogens is 300 g/mol. The first-order chi connectivity index (χ1) is 10.2. The molecule has 5 nitrogen and oxygen atoms in total. The van der Waals surface area contributed by atoms with E-state index in [1.165, 1.54) is 19.3 Å². The maximum atomic E-state index is 12.3. The van der Waals surface area contributed by atoms with Gasteiger partial charge in [-0.3, -0.25) is 14.8 Å². The van der Waals surface area contributed by atoms with E-state index in [0.717, 1.165) is 25.0 Å². The molecule has 0 aromatic carbocycles. The van der Waals surface area contributed by atoms with Crippen LogP contribution in [0.2, 0.25) is 0 Å². The molecule has 0 saturated heterocycles. The van der Waals surface area contributed by atoms with E-state index < -0.39 is 0 Å². The zero-order valence-electron chi connectivity index (χ0n) is 12.8. The molecule has 1 aromatic heterocycles. The SMILES string of the molecule is Cl.NC1C2CCCC1CC(C(=O)NCCc1cnccn1)C2. The minimum Gasteiger partial charge on any atom is -0.355 e. The van der Waals surface area contributed by atoms with Crippen molar-refractivity contribution in [3.05, 3.63) is 24.3 Å². The van der Waals surface area contributed by atoms with Crippen molar-refractivity contribution in [1.29, 1.82) is 0 Å². The van der Waals surface area contributed by atoms with E-state index >= 15 is 0 Å². The summed E-state index contributed by atoms with van der Waals surface area (Å²) in [4.78, 5) is 20.6. The highest BCUT2D eigenvalue weighted by Crippen LogP contribution is 2.41. The molecule has 0 spiro atoms. The van der Waals surface area contributed by atoms with E-state index in [1.807, 2.05) is 0 Å². The quantitative estimate of drug-likeness (QED) is 0.883. The summed E-state index contributed by atoms with van der Waals surface area (Å²) >= 11 is 0. The number of carbonyl (C=O) groups is 1. The van der Waals surface area contributed by atoms with E-state index in [9.17, 15) is 4.79 Å². The molecular formula is C16H25ClN4O. The van der Waals surface area contributed by atoms with Gasteiger partial charge in [0.15, 0.2) is 0 Å². The van der Waals surface area contributed by atoms with Gasteiger partial charge in [0.05, 0.1) is 5.69 Å². The number of aromatic nitrogens is 2. The van der Waals surface area contributed by atoms with Crippen molar-refractivity contribution in [3.63, 3.8) is 0 Å². The third kappa shape index (κ3) is 3.96. The number of rotatable bonds is 4. The summed E-state index contributed by atoms with van der Waals surface area (Å²) in [5.41, 5.74) is 7.19. The van der Waals surface area contributed by atoms with Crippen LogP contribution in [0.15, 0.2) is 18.6 Å². The van der Waals surface area contributed by atoms with Crippen LogP contribution in [0.5, 0.6) is 0 Å². The molecule has 2 fully saturated rings. The summed E-state index contributed by atoms with van der Waals surface area (Å²) in [6.07, 6.45) is 11.4. The van der Waals surface area contributed by atoms with Crippen LogP contribution < -0.4 is 11.1 Å². The molecule has 3 rings (SSSR count). The molecule has 2 aliphatic carbocycles. The second-order valence-electron chi connectivity index (χ2n) is 6.43. The summed E-state index contributed by atoms with van der Waals surface area (Å²) in [5, 5.41) is 3.06. The van der Waals surface area contributed by atoms with Crippen LogP contribution in [0.25, 0.3) is 0 Å². The van der Waals surface area contributed by atoms with Gasteiger partial charge >= 0.3 is 0 Å². The Morgan fingerprint density at radius 1 is 1.27 bits per heavy atom. The van der Waals surface area contributed by atoms with Gasteiger partial charge in [-0.15, -0.1) is 12.4 Å². The third-order valence-corrected chi connectivity index (χ3v) is 5.08. The number of nitrogens with zero attached hydrogens (tertiary/aromatic N) is 2. The van der Waals surface area contributed by atoms with Gasteiger partial charge in [-0.2, -0.15) is 0 Å². The van der Waals surface area contributed by atoms with Crippen LogP contribution in [0.3, 0.4) is 0 Å². The lowest BCUT2D eigenvalue weighted by Gasteiger charge is -2.43. The van der Waals surface area contributed by atoms with E-state index in [-0.39, 0.29) is 24.2 Å². The van der Waals surface area contributed by atoms with Crippen molar-refractivity contribution in [2.24, 2.45) is 23.5 Å². The fourth-order valence-corrected chi connectivity index (χ4v) is 3.92. The average molecular weight is 325 g/mol. The van der Waals surface area contributed by atoms with Gasteiger partial charge < -0.3 is 11.1 Å². The number of carbonyl (C=O) groups excluding carboxylic acids is 1. The van der Waals surface area contributed by atoms with E-state index in [0.29, 0.717) is 24.4 Å². The molecule has 122 valence electrons. The predicted octanol–water partition coefficient (Wildman–Crippen LogP) is 1.71. The lowest BCUT2D eigenvalue weighted by molar-refractivity contribution is -0.127. The van der Waals surface area contributed by atoms with Crippen molar-refractivity contribution in [2.45, 2.75) is 44.6 Å². The molecule has 0 radical (unpaired) electrons. The highest BCUT2D eigenvalue weighted by atomic mass is 35.5. The fourth-order valence-electron chi connectivity index (χ4n) is 3.92. The lowest BCUT2D eigenvalue weighted by Crippen LogP contribution is -2.49. The van der Waals surface area contributed by atoms with Crippen molar-refractivity contribution < 1.29 is 4.79 Å². The number of hydrogen-bond donors (Lipinski definition) is 2. The Balaban J connectivity index is 0.00000176. The van der Waals surface area contributed by atoms with Gasteiger partial charge in [0, 0.05) is 43.5 Å². The molecule has 6 heteroatoms. The van der Waals surface area contributed by atoms with Crippen molar-refractivity contribution in [3.8, 4) is 0 Å². The maximum Gasteiger partial charge on any atom is 0.223 e. The largest absolute Gasteiger partial charge is 0.355 e. The third-order valence-electron chi connectivity index (χ3n) is 5.08. The Morgan fingerprint density at radius 3 is 2.64 bits per heavy atom. The lowest BCUT2D eigenvalue weighted by atomic mass is 9.65. The zero-order valence-corrected chi connectivity index (χ0v) is 13.6. The van der Waals surface area contributed by atoms with Crippen LogP contribution in [-0.4, -0.2) is 28.5 Å². The summed E-state index contributed by atoms with van der Waals surface area (Å²) in [6, 6.07) is 0.322. The van der Waals surface area contributed by atoms with Crippen LogP contribution in [-0.2, 0) is 11.2 Å². The standard InChI is InChI=1S/C16H24N4O.ClH/c17-15-11-2-1-3-12(15)9-13(8-11)16(21)20-5-4-14-10-18-6-7-19-14;/h6-7,10-13,15H,1-5,8-9,17H2,(H,20,21);1H. The highest BCUT2D eigenvalue weighted by molar-refractivity contribution is 5.85. The van der Waals surface area contributed by atoms with Crippen molar-refractivity contribution in [2.75, 3.05) is 6.54 Å². The van der Waals surface area contributed by atoms with Crippen LogP contribution in [0.1, 0.15) is 37.8 Å². The van der Waals surface area contributed by atoms with Crippen LogP contribution >= 0.6 is 12.4 Å². The first-order valence-corrected chi connectivity index (χ1v) is 8.02. The maximum absolute atomic E-state index is 12.3. The average Bonchev–Trinajstić information content (AvgIpc) is 2.48. The Hall–Kier alpha value is -1.20. The van der Waals surface area contributed by atoms with E-state index in [4.69, 9.17) is 5.73 Å². The molecule has 22 heavy (non-hydrogen) atoms. The molecule has 0 aliphatic heterocycles. The number of halogens is 1. The second kappa shape index (κ2) is 7.88. The van der Waals surface area contributed by atoms with Gasteiger partial charge in [-0.25, -0.2) is 0 Å². The Bertz CT molecular complexity index is 470. The minimum atomic E-state index is 0. The van der Waals surface area contributed by atoms with Crippen LogP contribution in [0, 0.1) is 17.8 Å². The Labute approximate surface area is 137 Å². The van der Waals surface area contributed by atoms with Crippen LogP contribution in [0.4, 0.5) is 0 Å². The number of nitrogens with two attached hydrogens (primary N) is 1. The predicted molar refractivity (Wildman–Crippen MR) is 87.5 cm³/mol. The summed E-state index contributed by atoms with van der Waals surface area (Å²) in [5.74, 6) is 1.45. The topological polar surface area (TPSA) is 80.9 Å². The molecule has 2 unspecified atom stereocenters. The summed E-state index contributed by atoms with van der Waals surface area (Å²) in [6.45, 7) is 0.634. The number of fused-ring (bicyclic) bond motifs is 2. The molecule has 1 aromatic rings. The Kier molecular flexibility index (Phi) is 6.15. The van der Waals surface area contributed by atoms with Crippen molar-refractivity contribution in [1.82, 2.24) is 15.3 Å². The van der Waals surface area contributed by atoms with Gasteiger partial charge in [-0.05, 0) is 37.5 Å². The van der Waals surface area contributed by atoms with Gasteiger partial charge in [0.25, 0.3) is 0 Å². The smallest absolute Gasteiger partial charge is 0.223 e. The van der Waals surface area contributed by atoms with Gasteiger partial charge in [0.1, 0.15) is 0 Å². The monoisotopic (exact) mass is 324 g/mol.